The molecule has 7 heteroatoms. The van der Waals surface area contributed by atoms with Gasteiger partial charge in [0.05, 0.1) is 16.9 Å². The number of rotatable bonds is 4. The van der Waals surface area contributed by atoms with E-state index < -0.39 is 11.9 Å². The maximum atomic E-state index is 12.1. The lowest BCUT2D eigenvalue weighted by atomic mass is 10.1. The summed E-state index contributed by atoms with van der Waals surface area (Å²) in [4.78, 5) is 36.3. The Balaban J connectivity index is 1.73. The lowest BCUT2D eigenvalue weighted by Gasteiger charge is -2.25. The van der Waals surface area contributed by atoms with Crippen LogP contribution in [0.15, 0.2) is 48.5 Å². The van der Waals surface area contributed by atoms with Crippen molar-refractivity contribution in [3.63, 3.8) is 0 Å². The average Bonchev–Trinajstić information content (AvgIpc) is 2.63. The first-order valence-corrected chi connectivity index (χ1v) is 7.80. The number of carbonyl (C=O) groups is 3. The van der Waals surface area contributed by atoms with Gasteiger partial charge in [-0.25, -0.2) is 4.79 Å². The minimum absolute atomic E-state index is 0.0177. The summed E-state index contributed by atoms with van der Waals surface area (Å²) in [6.07, 6.45) is 2.89. The Bertz CT molecular complexity index is 920. The topological polar surface area (TPSA) is 95.9 Å². The van der Waals surface area contributed by atoms with Crippen LogP contribution in [-0.2, 0) is 9.59 Å². The molecule has 0 aliphatic carbocycles. The van der Waals surface area contributed by atoms with Crippen LogP contribution in [0.4, 0.5) is 11.4 Å². The maximum absolute atomic E-state index is 12.1. The third-order valence-electron chi connectivity index (χ3n) is 3.91. The molecule has 0 bridgehead atoms. The fraction of sp³-hybridized carbons (Fsp3) is 0.105. The molecule has 0 fully saturated rings. The van der Waals surface area contributed by atoms with E-state index in [0.29, 0.717) is 17.0 Å². The molecule has 1 aliphatic heterocycles. The predicted octanol–water partition coefficient (Wildman–Crippen LogP) is 2.39. The largest absolute Gasteiger partial charge is 0.482 e. The highest BCUT2D eigenvalue weighted by Crippen LogP contribution is 2.32. The Morgan fingerprint density at radius 2 is 2.00 bits per heavy atom. The van der Waals surface area contributed by atoms with Gasteiger partial charge in [-0.3, -0.25) is 9.59 Å². The van der Waals surface area contributed by atoms with Crippen LogP contribution >= 0.6 is 0 Å². The van der Waals surface area contributed by atoms with Gasteiger partial charge >= 0.3 is 5.97 Å². The van der Waals surface area contributed by atoms with Crippen molar-refractivity contribution in [2.45, 2.75) is 0 Å². The first kappa shape index (κ1) is 17.2. The third-order valence-corrected chi connectivity index (χ3v) is 3.91. The molecule has 0 saturated carbocycles. The highest BCUT2D eigenvalue weighted by molar-refractivity contribution is 6.06. The van der Waals surface area contributed by atoms with Crippen molar-refractivity contribution in [3.8, 4) is 5.75 Å². The van der Waals surface area contributed by atoms with Crippen molar-refractivity contribution < 1.29 is 24.2 Å². The SMILES string of the molecule is CN1C(=O)COc2cc(C=CC(=O)Nc3ccccc3C(=O)O)ccc21. The zero-order chi connectivity index (χ0) is 18.7. The number of carboxylic acids is 1. The van der Waals surface area contributed by atoms with Gasteiger partial charge in [0, 0.05) is 13.1 Å². The summed E-state index contributed by atoms with van der Waals surface area (Å²) in [6.45, 7) is -0.0247. The van der Waals surface area contributed by atoms with Crippen molar-refractivity contribution in [1.29, 1.82) is 0 Å². The fourth-order valence-electron chi connectivity index (χ4n) is 2.52. The summed E-state index contributed by atoms with van der Waals surface area (Å²) in [7, 11) is 1.67. The van der Waals surface area contributed by atoms with Gasteiger partial charge in [0.2, 0.25) is 5.91 Å². The minimum Gasteiger partial charge on any atom is -0.482 e. The molecule has 2 N–H and O–H groups in total. The number of para-hydroxylation sites is 1. The van der Waals surface area contributed by atoms with Gasteiger partial charge in [-0.1, -0.05) is 18.2 Å². The van der Waals surface area contributed by atoms with E-state index in [1.807, 2.05) is 0 Å². The molecule has 2 aromatic rings. The molecular weight excluding hydrogens is 336 g/mol. The second-order valence-corrected chi connectivity index (χ2v) is 5.64. The van der Waals surface area contributed by atoms with Gasteiger partial charge in [-0.05, 0) is 35.9 Å². The predicted molar refractivity (Wildman–Crippen MR) is 96.4 cm³/mol. The zero-order valence-electron chi connectivity index (χ0n) is 13.9. The van der Waals surface area contributed by atoms with E-state index in [2.05, 4.69) is 5.32 Å². The molecule has 1 heterocycles. The summed E-state index contributed by atoms with van der Waals surface area (Å²) in [6, 6.07) is 11.4. The molecule has 1 aliphatic rings. The summed E-state index contributed by atoms with van der Waals surface area (Å²) < 4.78 is 5.40. The first-order valence-electron chi connectivity index (χ1n) is 7.80. The summed E-state index contributed by atoms with van der Waals surface area (Å²) >= 11 is 0. The molecule has 0 spiro atoms. The summed E-state index contributed by atoms with van der Waals surface area (Å²) in [5.41, 5.74) is 1.62. The number of anilines is 2. The Hall–Kier alpha value is -3.61. The van der Waals surface area contributed by atoms with E-state index in [-0.39, 0.29) is 23.8 Å². The number of nitrogens with zero attached hydrogens (tertiary/aromatic N) is 1. The van der Waals surface area contributed by atoms with Gasteiger partial charge in [-0.15, -0.1) is 0 Å². The molecule has 132 valence electrons. The Labute approximate surface area is 149 Å². The van der Waals surface area contributed by atoms with Gasteiger partial charge in [0.25, 0.3) is 5.91 Å². The number of hydrogen-bond acceptors (Lipinski definition) is 4. The van der Waals surface area contributed by atoms with Crippen molar-refractivity contribution in [3.05, 3.63) is 59.7 Å². The van der Waals surface area contributed by atoms with Gasteiger partial charge < -0.3 is 20.1 Å². The van der Waals surface area contributed by atoms with E-state index in [0.717, 1.165) is 0 Å². The number of hydrogen-bond donors (Lipinski definition) is 2. The van der Waals surface area contributed by atoms with Crippen LogP contribution in [0.25, 0.3) is 6.08 Å². The Kier molecular flexibility index (Phi) is 4.70. The molecular formula is C19H16N2O5. The summed E-state index contributed by atoms with van der Waals surface area (Å²) in [5, 5.41) is 11.7. The van der Waals surface area contributed by atoms with Crippen molar-refractivity contribution in [1.82, 2.24) is 0 Å². The van der Waals surface area contributed by atoms with E-state index in [1.165, 1.54) is 23.1 Å². The van der Waals surface area contributed by atoms with Gasteiger partial charge in [-0.2, -0.15) is 0 Å². The lowest BCUT2D eigenvalue weighted by Crippen LogP contribution is -2.35. The van der Waals surface area contributed by atoms with Crippen LogP contribution < -0.4 is 15.0 Å². The minimum atomic E-state index is -1.12. The lowest BCUT2D eigenvalue weighted by molar-refractivity contribution is -0.121. The third kappa shape index (κ3) is 3.56. The van der Waals surface area contributed by atoms with Crippen LogP contribution in [0.5, 0.6) is 5.75 Å². The molecule has 7 nitrogen and oxygen atoms in total. The Morgan fingerprint density at radius 3 is 2.77 bits per heavy atom. The zero-order valence-corrected chi connectivity index (χ0v) is 13.9. The van der Waals surface area contributed by atoms with Crippen LogP contribution in [0, 0.1) is 0 Å². The molecule has 26 heavy (non-hydrogen) atoms. The molecule has 0 radical (unpaired) electrons. The van der Waals surface area contributed by atoms with Crippen molar-refractivity contribution >= 4 is 35.2 Å². The van der Waals surface area contributed by atoms with E-state index >= 15 is 0 Å². The second kappa shape index (κ2) is 7.10. The molecule has 0 aromatic heterocycles. The molecule has 0 saturated heterocycles. The smallest absolute Gasteiger partial charge is 0.337 e. The quantitative estimate of drug-likeness (QED) is 0.824. The average molecular weight is 352 g/mol. The number of carbonyl (C=O) groups excluding carboxylic acids is 2. The van der Waals surface area contributed by atoms with Crippen molar-refractivity contribution in [2.24, 2.45) is 0 Å². The van der Waals surface area contributed by atoms with E-state index in [1.54, 1.807) is 43.5 Å². The monoisotopic (exact) mass is 352 g/mol. The highest BCUT2D eigenvalue weighted by Gasteiger charge is 2.21. The van der Waals surface area contributed by atoms with Gasteiger partial charge in [0.15, 0.2) is 6.61 Å². The molecule has 3 rings (SSSR count). The van der Waals surface area contributed by atoms with Crippen LogP contribution in [-0.4, -0.2) is 36.5 Å². The number of nitrogens with one attached hydrogen (secondary N) is 1. The van der Waals surface area contributed by atoms with Crippen molar-refractivity contribution in [2.75, 3.05) is 23.9 Å². The van der Waals surface area contributed by atoms with Crippen LogP contribution in [0.3, 0.4) is 0 Å². The first-order chi connectivity index (χ1) is 12.5. The molecule has 2 amide bonds. The standard InChI is InChI=1S/C19H16N2O5/c1-21-15-8-6-12(10-16(15)26-11-18(21)23)7-9-17(22)20-14-5-3-2-4-13(14)19(24)25/h2-10H,11H2,1H3,(H,20,22)(H,24,25). The molecule has 0 unspecified atom stereocenters. The number of ether oxygens (including phenoxy) is 1. The number of fused-ring (bicyclic) bond motifs is 1. The number of likely N-dealkylation sites (N-methyl/N-ethyl adjacent to an activating group) is 1. The van der Waals surface area contributed by atoms with Crippen LogP contribution in [0.2, 0.25) is 0 Å². The Morgan fingerprint density at radius 1 is 1.23 bits per heavy atom. The molecule has 0 atom stereocenters. The second-order valence-electron chi connectivity index (χ2n) is 5.64. The maximum Gasteiger partial charge on any atom is 0.337 e. The van der Waals surface area contributed by atoms with Crippen LogP contribution in [0.1, 0.15) is 15.9 Å². The summed E-state index contributed by atoms with van der Waals surface area (Å²) in [5.74, 6) is -1.14. The number of amides is 2. The number of carboxylic acid groups (broad SMARTS) is 1. The van der Waals surface area contributed by atoms with Gasteiger partial charge in [0.1, 0.15) is 5.75 Å². The number of aromatic carboxylic acids is 1. The molecule has 2 aromatic carbocycles. The fourth-order valence-corrected chi connectivity index (χ4v) is 2.52. The van der Waals surface area contributed by atoms with E-state index in [4.69, 9.17) is 9.84 Å². The highest BCUT2D eigenvalue weighted by atomic mass is 16.5. The normalized spacial score (nSPS) is 13.3. The number of benzene rings is 2. The van der Waals surface area contributed by atoms with E-state index in [9.17, 15) is 14.4 Å².